The van der Waals surface area contributed by atoms with Crippen LogP contribution in [0.5, 0.6) is 5.75 Å². The van der Waals surface area contributed by atoms with Crippen LogP contribution in [0.1, 0.15) is 13.8 Å². The second-order valence-corrected chi connectivity index (χ2v) is 4.86. The van der Waals surface area contributed by atoms with Gasteiger partial charge in [-0.15, -0.1) is 0 Å². The van der Waals surface area contributed by atoms with Gasteiger partial charge in [0.05, 0.1) is 7.11 Å². The average Bonchev–Trinajstić information content (AvgIpc) is 2.37. The topological polar surface area (TPSA) is 70.6 Å². The Balaban J connectivity index is 2.49. The number of benzene rings is 1. The van der Waals surface area contributed by atoms with Gasteiger partial charge in [-0.05, 0) is 12.1 Å². The molecule has 0 saturated heterocycles. The van der Waals surface area contributed by atoms with Crippen molar-refractivity contribution in [2.75, 3.05) is 25.6 Å². The van der Waals surface area contributed by atoms with E-state index < -0.39 is 0 Å². The van der Waals surface area contributed by atoms with Gasteiger partial charge in [-0.3, -0.25) is 0 Å². The first-order valence-corrected chi connectivity index (χ1v) is 5.76. The summed E-state index contributed by atoms with van der Waals surface area (Å²) in [6, 6.07) is 6.81. The molecule has 5 nitrogen and oxygen atoms in total. The van der Waals surface area contributed by atoms with Crippen LogP contribution in [0.4, 0.5) is 10.5 Å². The zero-order valence-corrected chi connectivity index (χ0v) is 11.0. The minimum Gasteiger partial charge on any atom is -0.497 e. The number of aliphatic hydroxyl groups excluding tert-OH is 1. The van der Waals surface area contributed by atoms with E-state index in [0.29, 0.717) is 18.0 Å². The Hall–Kier alpha value is -1.75. The van der Waals surface area contributed by atoms with Crippen LogP contribution >= 0.6 is 0 Å². The molecule has 0 unspecified atom stereocenters. The van der Waals surface area contributed by atoms with Crippen molar-refractivity contribution in [3.05, 3.63) is 24.3 Å². The first kappa shape index (κ1) is 14.3. The van der Waals surface area contributed by atoms with Gasteiger partial charge < -0.3 is 20.5 Å². The maximum atomic E-state index is 11.6. The lowest BCUT2D eigenvalue weighted by atomic mass is 9.95. The van der Waals surface area contributed by atoms with Gasteiger partial charge in [-0.2, -0.15) is 0 Å². The van der Waals surface area contributed by atoms with E-state index in [1.807, 2.05) is 13.8 Å². The average molecular weight is 252 g/mol. The Kier molecular flexibility index (Phi) is 4.97. The third-order valence-electron chi connectivity index (χ3n) is 2.48. The lowest BCUT2D eigenvalue weighted by Gasteiger charge is -2.21. The summed E-state index contributed by atoms with van der Waals surface area (Å²) in [6.07, 6.45) is 0. The molecule has 1 aromatic rings. The molecule has 0 fully saturated rings. The second-order valence-electron chi connectivity index (χ2n) is 4.86. The summed E-state index contributed by atoms with van der Waals surface area (Å²) in [4.78, 5) is 11.6. The molecule has 0 spiro atoms. The van der Waals surface area contributed by atoms with E-state index in [1.165, 1.54) is 0 Å². The fourth-order valence-electron chi connectivity index (χ4n) is 1.25. The predicted molar refractivity (Wildman–Crippen MR) is 70.9 cm³/mol. The van der Waals surface area contributed by atoms with Crippen molar-refractivity contribution in [2.45, 2.75) is 13.8 Å². The maximum Gasteiger partial charge on any atom is 0.319 e. The second kappa shape index (κ2) is 6.26. The molecular weight excluding hydrogens is 232 g/mol. The summed E-state index contributed by atoms with van der Waals surface area (Å²) in [5.74, 6) is 0.684. The van der Waals surface area contributed by atoms with Gasteiger partial charge in [0.25, 0.3) is 0 Å². The van der Waals surface area contributed by atoms with Gasteiger partial charge in [0, 0.05) is 30.3 Å². The zero-order valence-electron chi connectivity index (χ0n) is 11.0. The number of hydrogen-bond donors (Lipinski definition) is 3. The molecule has 100 valence electrons. The summed E-state index contributed by atoms with van der Waals surface area (Å²) in [7, 11) is 1.57. The lowest BCUT2D eigenvalue weighted by Crippen LogP contribution is -2.38. The quantitative estimate of drug-likeness (QED) is 0.748. The third-order valence-corrected chi connectivity index (χ3v) is 2.48. The summed E-state index contributed by atoms with van der Waals surface area (Å²) in [6.45, 7) is 4.17. The third kappa shape index (κ3) is 4.63. The summed E-state index contributed by atoms with van der Waals surface area (Å²) < 4.78 is 5.06. The fraction of sp³-hybridized carbons (Fsp3) is 0.462. The Morgan fingerprint density at radius 2 is 2.17 bits per heavy atom. The van der Waals surface area contributed by atoms with Crippen molar-refractivity contribution in [3.8, 4) is 5.75 Å². The minimum atomic E-state index is -0.328. The Morgan fingerprint density at radius 3 is 2.78 bits per heavy atom. The Labute approximate surface area is 107 Å². The largest absolute Gasteiger partial charge is 0.497 e. The molecule has 0 heterocycles. The van der Waals surface area contributed by atoms with Gasteiger partial charge in [-0.25, -0.2) is 4.79 Å². The van der Waals surface area contributed by atoms with Gasteiger partial charge >= 0.3 is 6.03 Å². The number of anilines is 1. The first-order valence-electron chi connectivity index (χ1n) is 5.76. The number of carbonyl (C=O) groups is 1. The Morgan fingerprint density at radius 1 is 1.44 bits per heavy atom. The van der Waals surface area contributed by atoms with E-state index in [0.717, 1.165) is 0 Å². The standard InChI is InChI=1S/C13H20N2O3/c1-13(2,9-16)8-14-12(17)15-10-5-4-6-11(7-10)18-3/h4-7,16H,8-9H2,1-3H3,(H2,14,15,17). The molecule has 1 aromatic carbocycles. The molecule has 0 aromatic heterocycles. The SMILES string of the molecule is COc1cccc(NC(=O)NCC(C)(C)CO)c1. The number of urea groups is 1. The van der Waals surface area contributed by atoms with E-state index in [4.69, 9.17) is 9.84 Å². The van der Waals surface area contributed by atoms with Crippen LogP contribution in [0.2, 0.25) is 0 Å². The first-order chi connectivity index (χ1) is 8.46. The number of hydrogen-bond acceptors (Lipinski definition) is 3. The van der Waals surface area contributed by atoms with Crippen molar-refractivity contribution in [2.24, 2.45) is 5.41 Å². The lowest BCUT2D eigenvalue weighted by molar-refractivity contribution is 0.158. The maximum absolute atomic E-state index is 11.6. The van der Waals surface area contributed by atoms with Gasteiger partial charge in [-0.1, -0.05) is 19.9 Å². The van der Waals surface area contributed by atoms with Crippen LogP contribution in [0.3, 0.4) is 0 Å². The van der Waals surface area contributed by atoms with Crippen LogP contribution in [-0.4, -0.2) is 31.4 Å². The molecule has 0 radical (unpaired) electrons. The van der Waals surface area contributed by atoms with Gasteiger partial charge in [0.1, 0.15) is 5.75 Å². The summed E-state index contributed by atoms with van der Waals surface area (Å²) >= 11 is 0. The van der Waals surface area contributed by atoms with E-state index in [2.05, 4.69) is 10.6 Å². The molecule has 1 rings (SSSR count). The van der Waals surface area contributed by atoms with E-state index in [1.54, 1.807) is 31.4 Å². The van der Waals surface area contributed by atoms with Crippen LogP contribution in [0, 0.1) is 5.41 Å². The fourth-order valence-corrected chi connectivity index (χ4v) is 1.25. The van der Waals surface area contributed by atoms with Gasteiger partial charge in [0.15, 0.2) is 0 Å². The minimum absolute atomic E-state index is 0.0203. The molecule has 18 heavy (non-hydrogen) atoms. The molecule has 0 aliphatic carbocycles. The van der Waals surface area contributed by atoms with Crippen molar-refractivity contribution in [1.82, 2.24) is 5.32 Å². The number of amides is 2. The molecule has 0 aliphatic heterocycles. The van der Waals surface area contributed by atoms with Gasteiger partial charge in [0.2, 0.25) is 0 Å². The molecular formula is C13H20N2O3. The normalized spacial score (nSPS) is 10.9. The van der Waals surface area contributed by atoms with Crippen LogP contribution in [-0.2, 0) is 0 Å². The number of ether oxygens (including phenoxy) is 1. The number of carbonyl (C=O) groups excluding carboxylic acids is 1. The highest BCUT2D eigenvalue weighted by Crippen LogP contribution is 2.16. The van der Waals surface area contributed by atoms with Crippen LogP contribution in [0.25, 0.3) is 0 Å². The van der Waals surface area contributed by atoms with Crippen LogP contribution < -0.4 is 15.4 Å². The van der Waals surface area contributed by atoms with Crippen LogP contribution in [0.15, 0.2) is 24.3 Å². The van der Waals surface area contributed by atoms with Crippen molar-refractivity contribution >= 4 is 11.7 Å². The zero-order chi connectivity index (χ0) is 13.6. The number of rotatable bonds is 5. The highest BCUT2D eigenvalue weighted by atomic mass is 16.5. The monoisotopic (exact) mass is 252 g/mol. The highest BCUT2D eigenvalue weighted by molar-refractivity contribution is 5.89. The predicted octanol–water partition coefficient (Wildman–Crippen LogP) is 1.84. The summed E-state index contributed by atoms with van der Waals surface area (Å²) in [5.41, 5.74) is 0.333. The van der Waals surface area contributed by atoms with E-state index >= 15 is 0 Å². The molecule has 0 aliphatic rings. The molecule has 0 saturated carbocycles. The highest BCUT2D eigenvalue weighted by Gasteiger charge is 2.17. The molecule has 0 atom stereocenters. The summed E-state index contributed by atoms with van der Waals surface area (Å²) in [5, 5.41) is 14.5. The number of nitrogens with one attached hydrogen (secondary N) is 2. The molecule has 5 heteroatoms. The molecule has 2 amide bonds. The smallest absolute Gasteiger partial charge is 0.319 e. The molecule has 3 N–H and O–H groups in total. The number of methoxy groups -OCH3 is 1. The van der Waals surface area contributed by atoms with E-state index in [-0.39, 0.29) is 18.1 Å². The van der Waals surface area contributed by atoms with Crippen molar-refractivity contribution < 1.29 is 14.6 Å². The van der Waals surface area contributed by atoms with Crippen molar-refractivity contribution in [1.29, 1.82) is 0 Å². The Bertz CT molecular complexity index is 405. The van der Waals surface area contributed by atoms with E-state index in [9.17, 15) is 4.79 Å². The van der Waals surface area contributed by atoms with Crippen molar-refractivity contribution in [3.63, 3.8) is 0 Å². The molecule has 0 bridgehead atoms. The number of aliphatic hydroxyl groups is 1.